The first-order chi connectivity index (χ1) is 10.7. The van der Waals surface area contributed by atoms with Crippen molar-refractivity contribution in [2.75, 3.05) is 6.54 Å². The Labute approximate surface area is 139 Å². The molecule has 4 rings (SSSR count). The fraction of sp³-hybridized carbons (Fsp3) is 0.222. The molecule has 0 fully saturated rings. The Balaban J connectivity index is 1.83. The molecule has 1 N–H and O–H groups in total. The zero-order valence-corrected chi connectivity index (χ0v) is 14.0. The van der Waals surface area contributed by atoms with Crippen molar-refractivity contribution in [2.45, 2.75) is 19.9 Å². The molecule has 2 aromatic heterocycles. The van der Waals surface area contributed by atoms with Crippen LogP contribution in [-0.4, -0.2) is 11.1 Å². The van der Waals surface area contributed by atoms with E-state index in [-0.39, 0.29) is 0 Å². The van der Waals surface area contributed by atoms with Crippen molar-refractivity contribution in [3.05, 3.63) is 57.1 Å². The Bertz CT molecular complexity index is 873. The summed E-state index contributed by atoms with van der Waals surface area (Å²) in [5, 5.41) is 4.76. The van der Waals surface area contributed by atoms with E-state index < -0.39 is 0 Å². The van der Waals surface area contributed by atoms with Crippen molar-refractivity contribution >= 4 is 45.4 Å². The third kappa shape index (κ3) is 2.39. The number of hydrogen-bond donors (Lipinski definition) is 1. The van der Waals surface area contributed by atoms with Gasteiger partial charge in [-0.05, 0) is 30.2 Å². The van der Waals surface area contributed by atoms with E-state index >= 15 is 0 Å². The molecule has 1 aliphatic heterocycles. The Kier molecular flexibility index (Phi) is 3.57. The minimum atomic E-state index is 0.857. The Hall–Kier alpha value is -1.55. The van der Waals surface area contributed by atoms with Crippen LogP contribution < -0.4 is 5.32 Å². The van der Waals surface area contributed by atoms with E-state index in [0.29, 0.717) is 0 Å². The predicted molar refractivity (Wildman–Crippen MR) is 96.6 cm³/mol. The van der Waals surface area contributed by atoms with Crippen molar-refractivity contribution in [1.29, 1.82) is 0 Å². The van der Waals surface area contributed by atoms with Gasteiger partial charge in [-0.1, -0.05) is 41.4 Å². The van der Waals surface area contributed by atoms with E-state index in [1.54, 1.807) is 11.3 Å². The number of rotatable bonds is 2. The van der Waals surface area contributed by atoms with E-state index in [1.165, 1.54) is 32.6 Å². The van der Waals surface area contributed by atoms with Gasteiger partial charge in [0.05, 0.1) is 4.34 Å². The summed E-state index contributed by atoms with van der Waals surface area (Å²) in [6.45, 7) is 4.10. The second-order valence-electron chi connectivity index (χ2n) is 5.72. The van der Waals surface area contributed by atoms with Crippen molar-refractivity contribution in [1.82, 2.24) is 9.88 Å². The standard InChI is InChI=1S/C18H17ClN2S/c1-12-3-2-4-13(9-12)6-8-21-16-5-7-20-11-15(16)14-10-17(19)22-18(14)21/h2-4,6,8-10,20H,5,7,11H2,1H3/b8-6-. The molecule has 2 nitrogen and oxygen atoms in total. The maximum atomic E-state index is 6.24. The highest BCUT2D eigenvalue weighted by molar-refractivity contribution is 7.22. The average Bonchev–Trinajstić information content (AvgIpc) is 3.01. The van der Waals surface area contributed by atoms with Crippen LogP contribution in [0.5, 0.6) is 0 Å². The molecule has 112 valence electrons. The predicted octanol–water partition coefficient (Wildman–Crippen LogP) is 4.94. The highest BCUT2D eigenvalue weighted by Crippen LogP contribution is 2.37. The van der Waals surface area contributed by atoms with Crippen LogP contribution in [0.15, 0.2) is 30.3 Å². The first kappa shape index (κ1) is 14.1. The van der Waals surface area contributed by atoms with Crippen LogP contribution >= 0.6 is 22.9 Å². The van der Waals surface area contributed by atoms with Crippen molar-refractivity contribution in [3.8, 4) is 0 Å². The molecule has 3 heterocycles. The number of aryl methyl sites for hydroxylation is 1. The summed E-state index contributed by atoms with van der Waals surface area (Å²) < 4.78 is 3.18. The summed E-state index contributed by atoms with van der Waals surface area (Å²) in [6.07, 6.45) is 5.43. The molecule has 0 amide bonds. The van der Waals surface area contributed by atoms with Crippen molar-refractivity contribution in [2.24, 2.45) is 0 Å². The zero-order chi connectivity index (χ0) is 15.1. The van der Waals surface area contributed by atoms with Gasteiger partial charge in [0, 0.05) is 36.8 Å². The fourth-order valence-electron chi connectivity index (χ4n) is 3.15. The first-order valence-corrected chi connectivity index (χ1v) is 8.68. The second-order valence-corrected chi connectivity index (χ2v) is 7.38. The lowest BCUT2D eigenvalue weighted by Gasteiger charge is -2.15. The van der Waals surface area contributed by atoms with Crippen LogP contribution in [0.4, 0.5) is 0 Å². The van der Waals surface area contributed by atoms with Gasteiger partial charge in [0.25, 0.3) is 0 Å². The largest absolute Gasteiger partial charge is 0.312 e. The number of nitrogens with one attached hydrogen (secondary N) is 1. The molecule has 0 aliphatic carbocycles. The third-order valence-electron chi connectivity index (χ3n) is 4.16. The molecule has 4 heteroatoms. The summed E-state index contributed by atoms with van der Waals surface area (Å²) in [7, 11) is 0. The van der Waals surface area contributed by atoms with Crippen LogP contribution in [0.2, 0.25) is 4.34 Å². The lowest BCUT2D eigenvalue weighted by molar-refractivity contribution is 0.634. The SMILES string of the molecule is Cc1cccc(/C=C\n2c3c(c4cc(Cl)sc42)CNCC3)c1. The minimum Gasteiger partial charge on any atom is -0.312 e. The first-order valence-electron chi connectivity index (χ1n) is 7.49. The van der Waals surface area contributed by atoms with Gasteiger partial charge in [-0.3, -0.25) is 0 Å². The molecule has 0 atom stereocenters. The number of fused-ring (bicyclic) bond motifs is 3. The van der Waals surface area contributed by atoms with Gasteiger partial charge < -0.3 is 9.88 Å². The molecule has 1 aliphatic rings. The third-order valence-corrected chi connectivity index (χ3v) is 5.43. The number of nitrogens with zero attached hydrogens (tertiary/aromatic N) is 1. The summed E-state index contributed by atoms with van der Waals surface area (Å²) in [6, 6.07) is 10.7. The molecule has 3 aromatic rings. The molecule has 1 aromatic carbocycles. The number of thiophene rings is 1. The van der Waals surface area contributed by atoms with E-state index in [1.807, 2.05) is 0 Å². The lowest BCUT2D eigenvalue weighted by Crippen LogP contribution is -2.24. The molecule has 0 saturated heterocycles. The van der Waals surface area contributed by atoms with Gasteiger partial charge in [0.1, 0.15) is 4.83 Å². The lowest BCUT2D eigenvalue weighted by atomic mass is 10.1. The molecule has 0 unspecified atom stereocenters. The van der Waals surface area contributed by atoms with E-state index in [0.717, 1.165) is 23.8 Å². The average molecular weight is 329 g/mol. The fourth-order valence-corrected chi connectivity index (χ4v) is 4.40. The maximum absolute atomic E-state index is 6.24. The number of aromatic nitrogens is 1. The van der Waals surface area contributed by atoms with Crippen LogP contribution in [0, 0.1) is 6.92 Å². The van der Waals surface area contributed by atoms with Crippen molar-refractivity contribution < 1.29 is 0 Å². The van der Waals surface area contributed by atoms with E-state index in [9.17, 15) is 0 Å². The number of halogens is 1. The van der Waals surface area contributed by atoms with Gasteiger partial charge in [-0.15, -0.1) is 11.3 Å². The van der Waals surface area contributed by atoms with Gasteiger partial charge in [-0.2, -0.15) is 0 Å². The Morgan fingerprint density at radius 3 is 3.09 bits per heavy atom. The van der Waals surface area contributed by atoms with Crippen LogP contribution in [-0.2, 0) is 13.0 Å². The maximum Gasteiger partial charge on any atom is 0.108 e. The molecule has 22 heavy (non-hydrogen) atoms. The van der Waals surface area contributed by atoms with Crippen molar-refractivity contribution in [3.63, 3.8) is 0 Å². The summed E-state index contributed by atoms with van der Waals surface area (Å²) in [4.78, 5) is 1.25. The highest BCUT2D eigenvalue weighted by Gasteiger charge is 2.20. The number of benzene rings is 1. The Morgan fingerprint density at radius 2 is 2.23 bits per heavy atom. The minimum absolute atomic E-state index is 0.857. The van der Waals surface area contributed by atoms with Gasteiger partial charge in [0.15, 0.2) is 0 Å². The van der Waals surface area contributed by atoms with Gasteiger partial charge >= 0.3 is 0 Å². The van der Waals surface area contributed by atoms with Crippen LogP contribution in [0.1, 0.15) is 22.4 Å². The second kappa shape index (κ2) is 5.58. The smallest absolute Gasteiger partial charge is 0.108 e. The van der Waals surface area contributed by atoms with Gasteiger partial charge in [0.2, 0.25) is 0 Å². The molecular formula is C18H17ClN2S. The summed E-state index contributed by atoms with van der Waals surface area (Å²) in [5.41, 5.74) is 5.33. The number of hydrogen-bond acceptors (Lipinski definition) is 2. The van der Waals surface area contributed by atoms with Crippen LogP contribution in [0.3, 0.4) is 0 Å². The topological polar surface area (TPSA) is 17.0 Å². The molecular weight excluding hydrogens is 312 g/mol. The van der Waals surface area contributed by atoms with Gasteiger partial charge in [-0.25, -0.2) is 0 Å². The molecule has 0 spiro atoms. The molecule has 0 radical (unpaired) electrons. The van der Waals surface area contributed by atoms with E-state index in [2.05, 4.69) is 59.4 Å². The summed E-state index contributed by atoms with van der Waals surface area (Å²) >= 11 is 7.90. The monoisotopic (exact) mass is 328 g/mol. The normalized spacial score (nSPS) is 14.8. The quantitative estimate of drug-likeness (QED) is 0.705. The Morgan fingerprint density at radius 1 is 1.32 bits per heavy atom. The highest BCUT2D eigenvalue weighted by atomic mass is 35.5. The van der Waals surface area contributed by atoms with E-state index in [4.69, 9.17) is 11.6 Å². The molecule has 0 bridgehead atoms. The summed E-state index contributed by atoms with van der Waals surface area (Å²) in [5.74, 6) is 0. The zero-order valence-electron chi connectivity index (χ0n) is 12.4. The molecule has 0 saturated carbocycles. The van der Waals surface area contributed by atoms with Crippen LogP contribution in [0.25, 0.3) is 22.5 Å².